The number of unbranched alkanes of at least 4 members (excludes halogenated alkanes) is 2. The molecule has 0 N–H and O–H groups in total. The van der Waals surface area contributed by atoms with Gasteiger partial charge < -0.3 is 24.8 Å². The minimum absolute atomic E-state index is 0. The summed E-state index contributed by atoms with van der Waals surface area (Å²) in [5.41, 5.74) is 0. The third-order valence-electron chi connectivity index (χ3n) is 3.88. The predicted molar refractivity (Wildman–Crippen MR) is 60.2 cm³/mol. The van der Waals surface area contributed by atoms with Crippen molar-refractivity contribution in [1.82, 2.24) is 0 Å². The molecule has 0 saturated heterocycles. The standard InChI is InChI=1S/C5H4.2C4H9.2ClH.Zr/c1-2-4-5-3-1;2*1-3-4-2;;;/h1-2H,3H2;2*1,3-4H2,2H3;2*1H;/q;;;;;+2/p-2. The van der Waals surface area contributed by atoms with E-state index in [0.29, 0.717) is 0 Å². The number of rotatable bonds is 6. The smallest absolute Gasteiger partial charge is 1.00 e. The Morgan fingerprint density at radius 1 is 1.06 bits per heavy atom. The summed E-state index contributed by atoms with van der Waals surface area (Å²) in [7, 11) is 0. The third-order valence-corrected chi connectivity index (χ3v) is 16.9. The van der Waals surface area contributed by atoms with Crippen LogP contribution >= 0.6 is 0 Å². The number of halogens is 2. The van der Waals surface area contributed by atoms with Gasteiger partial charge in [-0.05, 0) is 0 Å². The summed E-state index contributed by atoms with van der Waals surface area (Å²) in [4.78, 5) is 0. The molecule has 0 nitrogen and oxygen atoms in total. The fourth-order valence-corrected chi connectivity index (χ4v) is 18.6. The van der Waals surface area contributed by atoms with Crippen LogP contribution in [0.25, 0.3) is 0 Å². The second-order valence-electron chi connectivity index (χ2n) is 4.79. The monoisotopic (exact) mass is 338 g/mol. The molecule has 0 saturated carbocycles. The largest absolute Gasteiger partial charge is 1.00 e. The first-order valence-electron chi connectivity index (χ1n) is 6.26. The van der Waals surface area contributed by atoms with Crippen molar-refractivity contribution in [3.8, 4) is 0 Å². The molecule has 0 spiro atoms. The molecule has 0 aromatic heterocycles. The van der Waals surface area contributed by atoms with Gasteiger partial charge in [-0.3, -0.25) is 0 Å². The van der Waals surface area contributed by atoms with Gasteiger partial charge >= 0.3 is 93.2 Å². The second kappa shape index (κ2) is 7.39. The van der Waals surface area contributed by atoms with Gasteiger partial charge in [-0.2, -0.15) is 0 Å². The van der Waals surface area contributed by atoms with Crippen LogP contribution in [0, 0.1) is 0 Å². The summed E-state index contributed by atoms with van der Waals surface area (Å²) in [6.07, 6.45) is 12.0. The molecular formula is C13H22Cl2Zr. The molecule has 3 heteroatoms. The van der Waals surface area contributed by atoms with Crippen molar-refractivity contribution >= 4 is 0 Å². The number of allylic oxidation sites excluding steroid dienone is 4. The Morgan fingerprint density at radius 2 is 1.62 bits per heavy atom. The Kier molecular flexibility index (Phi) is 7.83. The van der Waals surface area contributed by atoms with Crippen LogP contribution < -0.4 is 24.8 Å². The van der Waals surface area contributed by atoms with Gasteiger partial charge in [-0.15, -0.1) is 0 Å². The third kappa shape index (κ3) is 3.03. The van der Waals surface area contributed by atoms with E-state index in [-0.39, 0.29) is 24.8 Å². The zero-order valence-electron chi connectivity index (χ0n) is 10.4. The molecule has 0 amide bonds. The van der Waals surface area contributed by atoms with Crippen LogP contribution in [0.4, 0.5) is 0 Å². The van der Waals surface area contributed by atoms with Gasteiger partial charge in [-0.1, -0.05) is 0 Å². The number of hydrogen-bond donors (Lipinski definition) is 0. The second-order valence-corrected chi connectivity index (χ2v) is 15.4. The minimum Gasteiger partial charge on any atom is -1.00 e. The van der Waals surface area contributed by atoms with Gasteiger partial charge in [0.1, 0.15) is 0 Å². The maximum Gasteiger partial charge on any atom is -1.00 e. The Morgan fingerprint density at radius 3 is 2.00 bits per heavy atom. The maximum atomic E-state index is 2.48. The van der Waals surface area contributed by atoms with Crippen LogP contribution in [0.3, 0.4) is 0 Å². The zero-order chi connectivity index (χ0) is 10.0. The van der Waals surface area contributed by atoms with Crippen LogP contribution in [0.2, 0.25) is 8.26 Å². The normalized spacial score (nSPS) is 16.9. The number of hydrogen-bond acceptors (Lipinski definition) is 0. The Hall–Kier alpha value is 0.943. The van der Waals surface area contributed by atoms with Gasteiger partial charge in [0.05, 0.1) is 0 Å². The summed E-state index contributed by atoms with van der Waals surface area (Å²) in [6.45, 7) is 4.67. The summed E-state index contributed by atoms with van der Waals surface area (Å²) in [5.74, 6) is 0. The molecule has 0 unspecified atom stereocenters. The summed E-state index contributed by atoms with van der Waals surface area (Å²) in [5, 5.41) is 0. The molecule has 1 aliphatic carbocycles. The van der Waals surface area contributed by atoms with Gasteiger partial charge in [0, 0.05) is 0 Å². The van der Waals surface area contributed by atoms with E-state index in [1.807, 2.05) is 6.56 Å². The van der Waals surface area contributed by atoms with Crippen LogP contribution in [-0.2, 0) is 20.3 Å². The van der Waals surface area contributed by atoms with E-state index in [0.717, 1.165) is 0 Å². The minimum atomic E-state index is -1.67. The summed E-state index contributed by atoms with van der Waals surface area (Å²) >= 11 is -1.67. The molecule has 0 bridgehead atoms. The van der Waals surface area contributed by atoms with Crippen LogP contribution in [0.15, 0.2) is 18.7 Å². The van der Waals surface area contributed by atoms with Crippen molar-refractivity contribution in [2.45, 2.75) is 54.2 Å². The van der Waals surface area contributed by atoms with Crippen molar-refractivity contribution in [3.63, 3.8) is 0 Å². The fraction of sp³-hybridized carbons (Fsp3) is 0.692. The summed E-state index contributed by atoms with van der Waals surface area (Å²) in [6, 6.07) is 0. The summed E-state index contributed by atoms with van der Waals surface area (Å²) < 4.78 is 7.21. The molecule has 0 radical (unpaired) electrons. The van der Waals surface area contributed by atoms with Crippen LogP contribution in [0.1, 0.15) is 46.0 Å². The fourth-order valence-electron chi connectivity index (χ4n) is 2.96. The molecule has 0 fully saturated rings. The molecule has 16 heavy (non-hydrogen) atoms. The molecule has 0 atom stereocenters. The quantitative estimate of drug-likeness (QED) is 0.568. The van der Waals surface area contributed by atoms with Gasteiger partial charge in [0.25, 0.3) is 0 Å². The van der Waals surface area contributed by atoms with Crippen LogP contribution in [-0.4, -0.2) is 0 Å². The van der Waals surface area contributed by atoms with Gasteiger partial charge in [0.2, 0.25) is 0 Å². The Labute approximate surface area is 117 Å². The van der Waals surface area contributed by atoms with E-state index in [4.69, 9.17) is 0 Å². The average molecular weight is 340 g/mol. The Balaban J connectivity index is 0.00000112. The molecule has 92 valence electrons. The van der Waals surface area contributed by atoms with Gasteiger partial charge in [0.15, 0.2) is 0 Å². The maximum absolute atomic E-state index is 2.48. The van der Waals surface area contributed by atoms with Gasteiger partial charge in [-0.25, -0.2) is 0 Å². The zero-order valence-corrected chi connectivity index (χ0v) is 14.3. The molecular weight excluding hydrogens is 318 g/mol. The van der Waals surface area contributed by atoms with E-state index in [2.05, 4.69) is 26.0 Å². The first kappa shape index (κ1) is 16.9. The SMILES string of the molecule is CCC[CH2][Zr+2]1([CH2]CCC)[C]2=[C]1CC=C2.[Cl-].[Cl-]. The molecule has 1 aliphatic heterocycles. The van der Waals surface area contributed by atoms with E-state index in [9.17, 15) is 0 Å². The Bertz CT molecular complexity index is 274. The molecule has 2 aliphatic rings. The van der Waals surface area contributed by atoms with Crippen molar-refractivity contribution in [3.05, 3.63) is 18.7 Å². The van der Waals surface area contributed by atoms with E-state index in [1.165, 1.54) is 32.1 Å². The van der Waals surface area contributed by atoms with E-state index < -0.39 is 20.3 Å². The van der Waals surface area contributed by atoms with Crippen molar-refractivity contribution in [2.24, 2.45) is 0 Å². The molecule has 1 heterocycles. The van der Waals surface area contributed by atoms with Crippen molar-refractivity contribution in [2.75, 3.05) is 0 Å². The first-order valence-corrected chi connectivity index (χ1v) is 12.2. The molecule has 0 aromatic rings. The predicted octanol–water partition coefficient (Wildman–Crippen LogP) is -1.23. The van der Waals surface area contributed by atoms with E-state index >= 15 is 0 Å². The average Bonchev–Trinajstić information content (AvgIpc) is 2.63. The van der Waals surface area contributed by atoms with E-state index in [1.54, 1.807) is 8.26 Å². The first-order chi connectivity index (χ1) is 6.85. The topological polar surface area (TPSA) is 0 Å². The molecule has 0 aromatic carbocycles. The van der Waals surface area contributed by atoms with Crippen molar-refractivity contribution in [1.29, 1.82) is 0 Å². The van der Waals surface area contributed by atoms with Crippen molar-refractivity contribution < 1.29 is 45.1 Å². The molecule has 2 rings (SSSR count). The van der Waals surface area contributed by atoms with Crippen LogP contribution in [0.5, 0.6) is 0 Å².